The molecule has 0 saturated heterocycles. The van der Waals surface area contributed by atoms with Gasteiger partial charge in [0.25, 0.3) is 0 Å². The zero-order valence-electron chi connectivity index (χ0n) is 6.97. The summed E-state index contributed by atoms with van der Waals surface area (Å²) in [6.07, 6.45) is 6.90. The van der Waals surface area contributed by atoms with Gasteiger partial charge in [-0.1, -0.05) is 12.2 Å². The SMILES string of the molecule is N#C[C@H]1C[C@@H]2C=CC(=O)[C@@]1(O)C=C2. The molecule has 13 heavy (non-hydrogen) atoms. The van der Waals surface area contributed by atoms with Crippen molar-refractivity contribution in [2.24, 2.45) is 11.8 Å². The standard InChI is InChI=1S/C10H9NO2/c11-6-8-5-7-1-2-9(12)10(8,13)4-3-7/h1-4,7-8,13H,5H2/t7-,8-,10-/m1/s1. The van der Waals surface area contributed by atoms with Gasteiger partial charge in [-0.05, 0) is 24.5 Å². The average Bonchev–Trinajstić information content (AvgIpc) is 2.34. The number of allylic oxidation sites excluding steroid dienone is 2. The van der Waals surface area contributed by atoms with Gasteiger partial charge in [-0.3, -0.25) is 4.79 Å². The first-order valence-corrected chi connectivity index (χ1v) is 4.21. The van der Waals surface area contributed by atoms with Crippen LogP contribution in [0.5, 0.6) is 0 Å². The van der Waals surface area contributed by atoms with Crippen molar-refractivity contribution < 1.29 is 9.90 Å². The monoisotopic (exact) mass is 175 g/mol. The minimum absolute atomic E-state index is 0.122. The fraction of sp³-hybridized carbons (Fsp3) is 0.400. The molecule has 0 saturated carbocycles. The molecule has 0 aliphatic heterocycles. The lowest BCUT2D eigenvalue weighted by molar-refractivity contribution is -0.130. The summed E-state index contributed by atoms with van der Waals surface area (Å²) in [6, 6.07) is 1.98. The number of nitriles is 1. The van der Waals surface area contributed by atoms with Crippen molar-refractivity contribution in [3.8, 4) is 6.07 Å². The number of aliphatic hydroxyl groups is 1. The molecule has 0 unspecified atom stereocenters. The van der Waals surface area contributed by atoms with E-state index < -0.39 is 11.5 Å². The summed E-state index contributed by atoms with van der Waals surface area (Å²) >= 11 is 0. The molecule has 3 rings (SSSR count). The number of carbonyl (C=O) groups excluding carboxylic acids is 1. The zero-order valence-corrected chi connectivity index (χ0v) is 6.97. The van der Waals surface area contributed by atoms with Crippen LogP contribution in [0.4, 0.5) is 0 Å². The normalized spacial score (nSPS) is 41.7. The molecule has 3 aliphatic rings. The fourth-order valence-electron chi connectivity index (χ4n) is 1.81. The lowest BCUT2D eigenvalue weighted by Gasteiger charge is -2.29. The minimum atomic E-state index is -1.57. The van der Waals surface area contributed by atoms with Gasteiger partial charge in [-0.15, -0.1) is 0 Å². The second-order valence-corrected chi connectivity index (χ2v) is 3.49. The molecule has 0 aromatic rings. The molecule has 0 heterocycles. The molecule has 3 aliphatic carbocycles. The Hall–Kier alpha value is -1.40. The topological polar surface area (TPSA) is 61.1 Å². The van der Waals surface area contributed by atoms with Crippen LogP contribution in [0.25, 0.3) is 0 Å². The molecule has 3 nitrogen and oxygen atoms in total. The Morgan fingerprint density at radius 2 is 2.38 bits per heavy atom. The summed E-state index contributed by atoms with van der Waals surface area (Å²) in [5.74, 6) is -0.864. The third-order valence-electron chi connectivity index (χ3n) is 2.68. The number of ketones is 1. The highest BCUT2D eigenvalue weighted by atomic mass is 16.3. The largest absolute Gasteiger partial charge is 0.376 e. The van der Waals surface area contributed by atoms with E-state index in [0.717, 1.165) is 0 Å². The van der Waals surface area contributed by atoms with Gasteiger partial charge in [0.2, 0.25) is 0 Å². The lowest BCUT2D eigenvalue weighted by Crippen LogP contribution is -2.43. The van der Waals surface area contributed by atoms with E-state index in [1.54, 1.807) is 12.2 Å². The predicted octanol–water partition coefficient (Wildman–Crippen LogP) is 0.572. The molecule has 3 heteroatoms. The third kappa shape index (κ3) is 1.03. The van der Waals surface area contributed by atoms with Crippen LogP contribution in [-0.4, -0.2) is 16.5 Å². The van der Waals surface area contributed by atoms with Gasteiger partial charge in [0.15, 0.2) is 11.4 Å². The first-order valence-electron chi connectivity index (χ1n) is 4.21. The Labute approximate surface area is 76.0 Å². The van der Waals surface area contributed by atoms with Crippen LogP contribution >= 0.6 is 0 Å². The van der Waals surface area contributed by atoms with Gasteiger partial charge in [0, 0.05) is 0 Å². The van der Waals surface area contributed by atoms with E-state index in [2.05, 4.69) is 0 Å². The van der Waals surface area contributed by atoms with Gasteiger partial charge in [0.05, 0.1) is 12.0 Å². The van der Waals surface area contributed by atoms with Crippen molar-refractivity contribution in [1.29, 1.82) is 5.26 Å². The van der Waals surface area contributed by atoms with Crippen molar-refractivity contribution in [2.45, 2.75) is 12.0 Å². The quantitative estimate of drug-likeness (QED) is 0.547. The van der Waals surface area contributed by atoms with Crippen molar-refractivity contribution >= 4 is 5.78 Å². The van der Waals surface area contributed by atoms with E-state index in [1.165, 1.54) is 12.2 Å². The summed E-state index contributed by atoms with van der Waals surface area (Å²) < 4.78 is 0. The zero-order chi connectivity index (χ0) is 9.47. The fourth-order valence-corrected chi connectivity index (χ4v) is 1.81. The van der Waals surface area contributed by atoms with Gasteiger partial charge in [0.1, 0.15) is 0 Å². The molecule has 0 aromatic heterocycles. The van der Waals surface area contributed by atoms with Crippen LogP contribution in [0.15, 0.2) is 24.3 Å². The smallest absolute Gasteiger partial charge is 0.192 e. The molecule has 0 amide bonds. The number of hydrogen-bond acceptors (Lipinski definition) is 3. The second-order valence-electron chi connectivity index (χ2n) is 3.49. The van der Waals surface area contributed by atoms with E-state index >= 15 is 0 Å². The minimum Gasteiger partial charge on any atom is -0.376 e. The summed E-state index contributed by atoms with van der Waals surface area (Å²) in [5.41, 5.74) is -1.57. The van der Waals surface area contributed by atoms with Crippen LogP contribution in [0, 0.1) is 23.2 Å². The Bertz CT molecular complexity index is 350. The van der Waals surface area contributed by atoms with E-state index in [-0.39, 0.29) is 11.7 Å². The third-order valence-corrected chi connectivity index (χ3v) is 2.68. The molecule has 2 bridgehead atoms. The van der Waals surface area contributed by atoms with Crippen molar-refractivity contribution in [3.05, 3.63) is 24.3 Å². The van der Waals surface area contributed by atoms with Gasteiger partial charge in [-0.25, -0.2) is 0 Å². The predicted molar refractivity (Wildman–Crippen MR) is 45.4 cm³/mol. The van der Waals surface area contributed by atoms with Gasteiger partial charge in [-0.2, -0.15) is 5.26 Å². The van der Waals surface area contributed by atoms with Crippen molar-refractivity contribution in [2.75, 3.05) is 0 Å². The van der Waals surface area contributed by atoms with Crippen LogP contribution in [0.3, 0.4) is 0 Å². The molecule has 0 spiro atoms. The first-order chi connectivity index (χ1) is 6.16. The summed E-state index contributed by atoms with van der Waals surface area (Å²) in [6.45, 7) is 0. The molecular formula is C10H9NO2. The number of nitrogens with zero attached hydrogens (tertiary/aromatic N) is 1. The molecule has 66 valence electrons. The Morgan fingerprint density at radius 1 is 1.62 bits per heavy atom. The molecule has 1 N–H and O–H groups in total. The van der Waals surface area contributed by atoms with E-state index in [0.29, 0.717) is 6.42 Å². The average molecular weight is 175 g/mol. The maximum atomic E-state index is 11.4. The highest BCUT2D eigenvalue weighted by Gasteiger charge is 2.45. The maximum Gasteiger partial charge on any atom is 0.192 e. The molecule has 0 fully saturated rings. The molecule has 0 radical (unpaired) electrons. The van der Waals surface area contributed by atoms with Crippen molar-refractivity contribution in [3.63, 3.8) is 0 Å². The maximum absolute atomic E-state index is 11.4. The summed E-state index contributed by atoms with van der Waals surface area (Å²) in [5, 5.41) is 18.7. The molecule has 3 atom stereocenters. The van der Waals surface area contributed by atoms with Crippen LogP contribution in [-0.2, 0) is 4.79 Å². The highest BCUT2D eigenvalue weighted by molar-refractivity contribution is 6.00. The van der Waals surface area contributed by atoms with Crippen LogP contribution in [0.1, 0.15) is 6.42 Å². The number of fused-ring (bicyclic) bond motifs is 2. The molecular weight excluding hydrogens is 166 g/mol. The van der Waals surface area contributed by atoms with E-state index in [4.69, 9.17) is 5.26 Å². The van der Waals surface area contributed by atoms with Gasteiger partial charge >= 0.3 is 0 Å². The first kappa shape index (κ1) is 8.21. The van der Waals surface area contributed by atoms with E-state index in [1.807, 2.05) is 6.07 Å². The summed E-state index contributed by atoms with van der Waals surface area (Å²) in [4.78, 5) is 11.4. The number of hydrogen-bond donors (Lipinski definition) is 1. The lowest BCUT2D eigenvalue weighted by atomic mass is 9.77. The Morgan fingerprint density at radius 3 is 3.08 bits per heavy atom. The van der Waals surface area contributed by atoms with Crippen molar-refractivity contribution in [1.82, 2.24) is 0 Å². The Kier molecular flexibility index (Phi) is 1.61. The van der Waals surface area contributed by atoms with Gasteiger partial charge < -0.3 is 5.11 Å². The Balaban J connectivity index is 2.52. The number of carbonyl (C=O) groups is 1. The second kappa shape index (κ2) is 2.54. The molecule has 0 aromatic carbocycles. The van der Waals surface area contributed by atoms with Crippen LogP contribution < -0.4 is 0 Å². The highest BCUT2D eigenvalue weighted by Crippen LogP contribution is 2.35. The van der Waals surface area contributed by atoms with E-state index in [9.17, 15) is 9.90 Å². The summed E-state index contributed by atoms with van der Waals surface area (Å²) in [7, 11) is 0. The van der Waals surface area contributed by atoms with Crippen LogP contribution in [0.2, 0.25) is 0 Å². The number of rotatable bonds is 0.